The smallest absolute Gasteiger partial charge is 0.147 e. The molecule has 0 aliphatic rings. The number of nitriles is 1. The first-order valence-electron chi connectivity index (χ1n) is 8.35. The number of aryl methyl sites for hydroxylation is 2. The Hall–Kier alpha value is -3.20. The van der Waals surface area contributed by atoms with Crippen LogP contribution >= 0.6 is 0 Å². The minimum absolute atomic E-state index is 0.393. The van der Waals surface area contributed by atoms with Gasteiger partial charge in [-0.1, -0.05) is 6.07 Å². The number of hydrogen-bond acceptors (Lipinski definition) is 5. The van der Waals surface area contributed by atoms with Crippen molar-refractivity contribution in [2.45, 2.75) is 20.8 Å². The van der Waals surface area contributed by atoms with Crippen molar-refractivity contribution in [2.24, 2.45) is 0 Å². The number of fused-ring (bicyclic) bond motifs is 1. The second kappa shape index (κ2) is 6.26. The summed E-state index contributed by atoms with van der Waals surface area (Å²) >= 11 is 0. The average Bonchev–Trinajstić information content (AvgIpc) is 2.85. The normalized spacial score (nSPS) is 10.8. The summed E-state index contributed by atoms with van der Waals surface area (Å²) in [5.74, 6) is 1.16. The van der Waals surface area contributed by atoms with Gasteiger partial charge >= 0.3 is 0 Å². The van der Waals surface area contributed by atoms with E-state index in [9.17, 15) is 5.26 Å². The molecule has 3 rings (SSSR count). The van der Waals surface area contributed by atoms with Crippen LogP contribution in [0, 0.1) is 32.1 Å². The van der Waals surface area contributed by atoms with Gasteiger partial charge in [-0.25, -0.2) is 4.98 Å². The number of anilines is 2. The third-order valence-electron chi connectivity index (χ3n) is 4.76. The van der Waals surface area contributed by atoms with Crippen molar-refractivity contribution in [1.29, 1.82) is 5.26 Å². The van der Waals surface area contributed by atoms with Crippen LogP contribution in [0.1, 0.15) is 22.4 Å². The monoisotopic (exact) mass is 349 g/mol. The van der Waals surface area contributed by atoms with E-state index in [0.717, 1.165) is 39.3 Å². The summed E-state index contributed by atoms with van der Waals surface area (Å²) < 4.78 is 7.34. The number of benzene rings is 1. The fourth-order valence-corrected chi connectivity index (χ4v) is 3.48. The molecule has 0 fully saturated rings. The molecule has 0 spiro atoms. The molecule has 0 radical (unpaired) electrons. The van der Waals surface area contributed by atoms with E-state index in [-0.39, 0.29) is 0 Å². The fraction of sp³-hybridized carbons (Fsp3) is 0.300. The third kappa shape index (κ3) is 2.44. The Balaban J connectivity index is 2.48. The van der Waals surface area contributed by atoms with E-state index >= 15 is 0 Å². The summed E-state index contributed by atoms with van der Waals surface area (Å²) in [6.07, 6.45) is 0. The number of pyridine rings is 1. The maximum atomic E-state index is 9.71. The quantitative estimate of drug-likeness (QED) is 0.783. The lowest BCUT2D eigenvalue weighted by Gasteiger charge is -2.18. The highest BCUT2D eigenvalue weighted by Gasteiger charge is 2.22. The number of rotatable bonds is 3. The summed E-state index contributed by atoms with van der Waals surface area (Å²) in [7, 11) is 5.56. The number of hydrogen-bond donors (Lipinski definition) is 1. The summed E-state index contributed by atoms with van der Waals surface area (Å²) in [4.78, 5) is 6.77. The molecule has 26 heavy (non-hydrogen) atoms. The molecule has 0 saturated carbocycles. The highest BCUT2D eigenvalue weighted by Crippen LogP contribution is 2.37. The Labute approximate surface area is 153 Å². The van der Waals surface area contributed by atoms with Gasteiger partial charge in [-0.2, -0.15) is 5.26 Å². The topological polar surface area (TPSA) is 80.1 Å². The molecule has 3 aromatic rings. The Morgan fingerprint density at radius 2 is 1.92 bits per heavy atom. The zero-order valence-corrected chi connectivity index (χ0v) is 16.0. The van der Waals surface area contributed by atoms with E-state index in [1.807, 2.05) is 62.5 Å². The van der Waals surface area contributed by atoms with Crippen LogP contribution in [0.15, 0.2) is 18.2 Å². The van der Waals surface area contributed by atoms with Gasteiger partial charge in [0.2, 0.25) is 0 Å². The molecule has 0 atom stereocenters. The number of aromatic nitrogens is 2. The van der Waals surface area contributed by atoms with Gasteiger partial charge in [0.1, 0.15) is 28.8 Å². The minimum Gasteiger partial charge on any atom is -0.496 e. The van der Waals surface area contributed by atoms with Crippen LogP contribution in [-0.2, 0) is 0 Å². The number of ether oxygens (including phenoxy) is 1. The van der Waals surface area contributed by atoms with Crippen LogP contribution in [0.4, 0.5) is 11.5 Å². The van der Waals surface area contributed by atoms with E-state index in [2.05, 4.69) is 6.07 Å². The van der Waals surface area contributed by atoms with E-state index in [4.69, 9.17) is 15.5 Å². The van der Waals surface area contributed by atoms with Crippen LogP contribution in [-0.4, -0.2) is 30.8 Å². The second-order valence-electron chi connectivity index (χ2n) is 6.62. The fourth-order valence-electron chi connectivity index (χ4n) is 3.48. The van der Waals surface area contributed by atoms with Crippen molar-refractivity contribution in [3.63, 3.8) is 0 Å². The molecule has 6 nitrogen and oxygen atoms in total. The van der Waals surface area contributed by atoms with Gasteiger partial charge in [0.25, 0.3) is 0 Å². The number of nitrogens with zero attached hydrogens (tertiary/aromatic N) is 4. The molecule has 0 aliphatic carbocycles. The van der Waals surface area contributed by atoms with E-state index in [0.29, 0.717) is 17.0 Å². The highest BCUT2D eigenvalue weighted by molar-refractivity contribution is 5.94. The molecule has 2 heterocycles. The standard InChI is InChI=1S/C20H23N5O/c1-11-7-8-17(26-6)12(2)18(11)25-19(22)15(10-21)14-9-16(24(4)5)13(3)23-20(14)25/h7-9H,22H2,1-6H3. The van der Waals surface area contributed by atoms with Gasteiger partial charge < -0.3 is 15.4 Å². The van der Waals surface area contributed by atoms with Gasteiger partial charge in [0.15, 0.2) is 0 Å². The maximum absolute atomic E-state index is 9.71. The molecule has 1 aromatic carbocycles. The van der Waals surface area contributed by atoms with Gasteiger partial charge in [-0.3, -0.25) is 4.57 Å². The van der Waals surface area contributed by atoms with Crippen LogP contribution < -0.4 is 15.4 Å². The van der Waals surface area contributed by atoms with Crippen molar-refractivity contribution in [3.8, 4) is 17.5 Å². The first kappa shape index (κ1) is 17.6. The van der Waals surface area contributed by atoms with E-state index < -0.39 is 0 Å². The largest absolute Gasteiger partial charge is 0.496 e. The molecular formula is C20H23N5O. The number of methoxy groups -OCH3 is 1. The molecular weight excluding hydrogens is 326 g/mol. The Morgan fingerprint density at radius 1 is 1.23 bits per heavy atom. The zero-order chi connectivity index (χ0) is 19.2. The maximum Gasteiger partial charge on any atom is 0.147 e. The molecule has 0 unspecified atom stereocenters. The van der Waals surface area contributed by atoms with Crippen molar-refractivity contribution in [1.82, 2.24) is 9.55 Å². The number of nitrogens with two attached hydrogens (primary N) is 1. The predicted octanol–water partition coefficient (Wildman–Crippen LogP) is 3.48. The van der Waals surface area contributed by atoms with E-state index in [1.165, 1.54) is 0 Å². The van der Waals surface area contributed by atoms with E-state index in [1.54, 1.807) is 7.11 Å². The lowest BCUT2D eigenvalue weighted by Crippen LogP contribution is -2.11. The number of nitrogen functional groups attached to an aromatic ring is 1. The summed E-state index contributed by atoms with van der Waals surface area (Å²) in [5, 5.41) is 10.5. The lowest BCUT2D eigenvalue weighted by atomic mass is 10.1. The second-order valence-corrected chi connectivity index (χ2v) is 6.62. The summed E-state index contributed by atoms with van der Waals surface area (Å²) in [6, 6.07) is 8.15. The van der Waals surface area contributed by atoms with Crippen LogP contribution in [0.2, 0.25) is 0 Å². The molecule has 2 aromatic heterocycles. The third-order valence-corrected chi connectivity index (χ3v) is 4.76. The van der Waals surface area contributed by atoms with Gasteiger partial charge in [0.05, 0.1) is 24.2 Å². The summed E-state index contributed by atoms with van der Waals surface area (Å²) in [6.45, 7) is 5.96. The minimum atomic E-state index is 0.393. The molecule has 6 heteroatoms. The molecule has 0 bridgehead atoms. The van der Waals surface area contributed by atoms with Crippen molar-refractivity contribution < 1.29 is 4.74 Å². The predicted molar refractivity (Wildman–Crippen MR) is 105 cm³/mol. The molecule has 2 N–H and O–H groups in total. The first-order chi connectivity index (χ1) is 12.3. The Kier molecular flexibility index (Phi) is 4.25. The SMILES string of the molecule is COc1ccc(C)c(-n2c(N)c(C#N)c3cc(N(C)C)c(C)nc32)c1C. The van der Waals surface area contributed by atoms with Crippen LogP contribution in [0.5, 0.6) is 5.75 Å². The Bertz CT molecular complexity index is 1060. The highest BCUT2D eigenvalue weighted by atomic mass is 16.5. The zero-order valence-electron chi connectivity index (χ0n) is 16.0. The van der Waals surface area contributed by atoms with Crippen LogP contribution in [0.25, 0.3) is 16.7 Å². The molecule has 134 valence electrons. The lowest BCUT2D eigenvalue weighted by molar-refractivity contribution is 0.411. The molecule has 0 amide bonds. The Morgan fingerprint density at radius 3 is 2.50 bits per heavy atom. The van der Waals surface area contributed by atoms with Gasteiger partial charge in [-0.05, 0) is 38.5 Å². The van der Waals surface area contributed by atoms with Crippen LogP contribution in [0.3, 0.4) is 0 Å². The molecule has 0 saturated heterocycles. The average molecular weight is 349 g/mol. The summed E-state index contributed by atoms with van der Waals surface area (Å²) in [5.41, 5.74) is 12.3. The first-order valence-corrected chi connectivity index (χ1v) is 8.35. The van der Waals surface area contributed by atoms with Crippen molar-refractivity contribution in [2.75, 3.05) is 31.8 Å². The van der Waals surface area contributed by atoms with Gasteiger partial charge in [-0.15, -0.1) is 0 Å². The van der Waals surface area contributed by atoms with Crippen molar-refractivity contribution >= 4 is 22.5 Å². The van der Waals surface area contributed by atoms with Gasteiger partial charge in [0, 0.05) is 25.0 Å². The molecule has 0 aliphatic heterocycles. The van der Waals surface area contributed by atoms with Crippen molar-refractivity contribution in [3.05, 3.63) is 40.6 Å².